The molecule has 0 saturated carbocycles. The van der Waals surface area contributed by atoms with Crippen LogP contribution in [0.5, 0.6) is 0 Å². The monoisotopic (exact) mass is 1110 g/mol. The fourth-order valence-electron chi connectivity index (χ4n) is 9.29. The number of rotatable bonds is 53. The third kappa shape index (κ3) is 52.2. The summed E-state index contributed by atoms with van der Waals surface area (Å²) in [6.45, 7) is 33.6. The average molecular weight is 1110 g/mol. The summed E-state index contributed by atoms with van der Waals surface area (Å²) in [5.74, 6) is -0.225. The number of hydrogen-bond donors (Lipinski definition) is 8. The lowest BCUT2D eigenvalue weighted by molar-refractivity contribution is -0.119. The summed E-state index contributed by atoms with van der Waals surface area (Å²) >= 11 is 0. The standard InChI is InChI=1S/C56H112N14O8/c1-49(71)57-23-11-33-67(34-12-24-58-50(2)72)45-19-41-65(42-20-46-68(35-13-25-59-51(3)73)36-14-26-60-52(4)74)31-9-10-32-66(43-21-47-69(37-15-27-61-53(5)75)38-16-28-62-54(6)76)44-22-48-70(39-17-29-63-55(7)77)40-18-30-64-56(8)78/h9-48H2,1-8H3,(H,57,71)(H,58,72)(H,59,73)(H,60,74)(H,61,75)(H,62,76)(H,63,77)(H,64,78). The average Bonchev–Trinajstić information content (AvgIpc) is 3.36. The first kappa shape index (κ1) is 73.5. The van der Waals surface area contributed by atoms with E-state index < -0.39 is 0 Å². The number of nitrogens with zero attached hydrogens (tertiary/aromatic N) is 6. The maximum atomic E-state index is 11.6. The molecule has 454 valence electrons. The lowest BCUT2D eigenvalue weighted by Gasteiger charge is -2.29. The molecule has 0 unspecified atom stereocenters. The molecular weight excluding hydrogens is 997 g/mol. The second-order valence-corrected chi connectivity index (χ2v) is 20.9. The molecule has 0 aromatic heterocycles. The quantitative estimate of drug-likeness (QED) is 0.0401. The van der Waals surface area contributed by atoms with Gasteiger partial charge in [-0.1, -0.05) is 0 Å². The topological polar surface area (TPSA) is 252 Å². The van der Waals surface area contributed by atoms with Crippen LogP contribution in [0.25, 0.3) is 0 Å². The minimum absolute atomic E-state index is 0.0281. The van der Waals surface area contributed by atoms with Crippen molar-refractivity contribution in [2.45, 2.75) is 145 Å². The van der Waals surface area contributed by atoms with Gasteiger partial charge in [-0.15, -0.1) is 0 Å². The third-order valence-corrected chi connectivity index (χ3v) is 13.2. The second-order valence-electron chi connectivity index (χ2n) is 20.9. The van der Waals surface area contributed by atoms with Crippen LogP contribution in [-0.4, -0.2) is 247 Å². The van der Waals surface area contributed by atoms with Crippen molar-refractivity contribution in [1.29, 1.82) is 0 Å². The lowest BCUT2D eigenvalue weighted by atomic mass is 10.2. The smallest absolute Gasteiger partial charge is 0.216 e. The molecule has 0 atom stereocenters. The molecule has 0 aliphatic rings. The minimum Gasteiger partial charge on any atom is -0.356 e. The molecule has 22 heteroatoms. The zero-order valence-corrected chi connectivity index (χ0v) is 50.2. The van der Waals surface area contributed by atoms with Crippen molar-refractivity contribution in [2.75, 3.05) is 170 Å². The van der Waals surface area contributed by atoms with E-state index in [9.17, 15) is 38.4 Å². The Morgan fingerprint density at radius 2 is 0.282 bits per heavy atom. The number of nitrogens with one attached hydrogen (secondary N) is 8. The van der Waals surface area contributed by atoms with Crippen LogP contribution in [0.1, 0.15) is 145 Å². The van der Waals surface area contributed by atoms with Crippen molar-refractivity contribution in [3.05, 3.63) is 0 Å². The molecule has 78 heavy (non-hydrogen) atoms. The Morgan fingerprint density at radius 1 is 0.179 bits per heavy atom. The highest BCUT2D eigenvalue weighted by Crippen LogP contribution is 2.08. The Morgan fingerprint density at radius 3 is 0.397 bits per heavy atom. The molecule has 0 aliphatic carbocycles. The number of hydrogen-bond acceptors (Lipinski definition) is 14. The van der Waals surface area contributed by atoms with Gasteiger partial charge in [-0.05, 0) is 208 Å². The van der Waals surface area contributed by atoms with Crippen LogP contribution < -0.4 is 42.5 Å². The van der Waals surface area contributed by atoms with Gasteiger partial charge in [0.25, 0.3) is 0 Å². The summed E-state index contributed by atoms with van der Waals surface area (Å²) in [5.41, 5.74) is 0. The molecule has 0 rings (SSSR count). The normalized spacial score (nSPS) is 11.4. The molecule has 0 aromatic carbocycles. The van der Waals surface area contributed by atoms with Crippen LogP contribution in [-0.2, 0) is 38.4 Å². The van der Waals surface area contributed by atoms with Gasteiger partial charge >= 0.3 is 0 Å². The fraction of sp³-hybridized carbons (Fsp3) is 0.857. The van der Waals surface area contributed by atoms with Crippen molar-refractivity contribution >= 4 is 47.3 Å². The molecule has 8 N–H and O–H groups in total. The fourth-order valence-corrected chi connectivity index (χ4v) is 9.29. The summed E-state index contributed by atoms with van der Waals surface area (Å²) in [4.78, 5) is 108. The van der Waals surface area contributed by atoms with Crippen molar-refractivity contribution in [2.24, 2.45) is 0 Å². The first-order chi connectivity index (χ1) is 37.4. The van der Waals surface area contributed by atoms with Crippen LogP contribution in [0.2, 0.25) is 0 Å². The van der Waals surface area contributed by atoms with E-state index in [1.807, 2.05) is 0 Å². The highest BCUT2D eigenvalue weighted by Gasteiger charge is 2.15. The van der Waals surface area contributed by atoms with Gasteiger partial charge in [-0.2, -0.15) is 0 Å². The van der Waals surface area contributed by atoms with E-state index in [-0.39, 0.29) is 47.3 Å². The highest BCUT2D eigenvalue weighted by atomic mass is 16.2. The largest absolute Gasteiger partial charge is 0.356 e. The van der Waals surface area contributed by atoms with Gasteiger partial charge in [-0.3, -0.25) is 38.4 Å². The van der Waals surface area contributed by atoms with E-state index in [4.69, 9.17) is 0 Å². The van der Waals surface area contributed by atoms with Gasteiger partial charge in [0.1, 0.15) is 0 Å². The molecular formula is C56H112N14O8. The van der Waals surface area contributed by atoms with Gasteiger partial charge in [0.15, 0.2) is 0 Å². The van der Waals surface area contributed by atoms with Crippen molar-refractivity contribution in [3.8, 4) is 0 Å². The summed E-state index contributed by atoms with van der Waals surface area (Å²) in [6.07, 6.45) is 12.8. The SMILES string of the molecule is CC(=O)NCCCN(CCCNC(C)=O)CCCN(CCCCN(CCCN(CCCNC(C)=O)CCCNC(C)=O)CCCN(CCCNC(C)=O)CCCNC(C)=O)CCCN(CCCNC(C)=O)CCCNC(C)=O. The van der Waals surface area contributed by atoms with Crippen molar-refractivity contribution in [3.63, 3.8) is 0 Å². The zero-order chi connectivity index (χ0) is 58.0. The first-order valence-electron chi connectivity index (χ1n) is 29.7. The number of unbranched alkanes of at least 4 members (excludes halogenated alkanes) is 1. The van der Waals surface area contributed by atoms with Crippen LogP contribution >= 0.6 is 0 Å². The summed E-state index contributed by atoms with van der Waals surface area (Å²) in [7, 11) is 0. The van der Waals surface area contributed by atoms with Gasteiger partial charge in [-0.25, -0.2) is 0 Å². The minimum atomic E-state index is -0.0281. The maximum Gasteiger partial charge on any atom is 0.216 e. The van der Waals surface area contributed by atoms with E-state index >= 15 is 0 Å². The molecule has 8 amide bonds. The van der Waals surface area contributed by atoms with Crippen LogP contribution in [0, 0.1) is 0 Å². The first-order valence-corrected chi connectivity index (χ1v) is 29.7. The van der Waals surface area contributed by atoms with E-state index in [1.54, 1.807) is 55.4 Å². The molecule has 0 fully saturated rings. The van der Waals surface area contributed by atoms with Crippen LogP contribution in [0.3, 0.4) is 0 Å². The Labute approximate surface area is 471 Å². The van der Waals surface area contributed by atoms with Gasteiger partial charge in [0.05, 0.1) is 0 Å². The van der Waals surface area contributed by atoms with Crippen molar-refractivity contribution in [1.82, 2.24) is 71.9 Å². The number of carbonyl (C=O) groups excluding carboxylic acids is 8. The van der Waals surface area contributed by atoms with Crippen LogP contribution in [0.15, 0.2) is 0 Å². The van der Waals surface area contributed by atoms with E-state index in [2.05, 4.69) is 71.9 Å². The molecule has 0 heterocycles. The van der Waals surface area contributed by atoms with Crippen LogP contribution in [0.4, 0.5) is 0 Å². The molecule has 0 bridgehead atoms. The zero-order valence-electron chi connectivity index (χ0n) is 50.2. The number of carbonyl (C=O) groups is 8. The predicted molar refractivity (Wildman–Crippen MR) is 313 cm³/mol. The molecule has 0 aromatic rings. The van der Waals surface area contributed by atoms with Gasteiger partial charge in [0.2, 0.25) is 47.3 Å². The second kappa shape index (κ2) is 50.7. The van der Waals surface area contributed by atoms with E-state index in [0.717, 1.165) is 208 Å². The Bertz CT molecular complexity index is 1300. The molecule has 0 spiro atoms. The summed E-state index contributed by atoms with van der Waals surface area (Å²) in [5, 5.41) is 23.4. The Kier molecular flexibility index (Phi) is 47.8. The van der Waals surface area contributed by atoms with E-state index in [1.165, 1.54) is 0 Å². The number of amides is 8. The third-order valence-electron chi connectivity index (χ3n) is 13.2. The van der Waals surface area contributed by atoms with E-state index in [0.29, 0.717) is 52.4 Å². The Hall–Kier alpha value is -4.48. The lowest BCUT2D eigenvalue weighted by Crippen LogP contribution is -2.37. The molecule has 0 saturated heterocycles. The molecule has 22 nitrogen and oxygen atoms in total. The molecule has 0 radical (unpaired) electrons. The predicted octanol–water partition coefficient (Wildman–Crippen LogP) is 1.35. The summed E-state index contributed by atoms with van der Waals surface area (Å²) in [6, 6.07) is 0. The molecule has 0 aliphatic heterocycles. The highest BCUT2D eigenvalue weighted by molar-refractivity contribution is 5.74. The van der Waals surface area contributed by atoms with Gasteiger partial charge < -0.3 is 71.9 Å². The maximum absolute atomic E-state index is 11.6. The Balaban J connectivity index is 6.28. The summed E-state index contributed by atoms with van der Waals surface area (Å²) < 4.78 is 0. The van der Waals surface area contributed by atoms with Gasteiger partial charge in [0, 0.05) is 108 Å². The van der Waals surface area contributed by atoms with Crippen molar-refractivity contribution < 1.29 is 38.4 Å².